The summed E-state index contributed by atoms with van der Waals surface area (Å²) in [4.78, 5) is 28.3. The van der Waals surface area contributed by atoms with Crippen LogP contribution in [0.1, 0.15) is 23.0 Å². The van der Waals surface area contributed by atoms with E-state index in [1.165, 1.54) is 18.3 Å². The van der Waals surface area contributed by atoms with E-state index in [1.807, 2.05) is 37.3 Å². The Morgan fingerprint density at radius 1 is 1.00 bits per heavy atom. The second-order valence-electron chi connectivity index (χ2n) is 6.61. The summed E-state index contributed by atoms with van der Waals surface area (Å²) in [5, 5.41) is 12.6. The van der Waals surface area contributed by atoms with E-state index in [0.29, 0.717) is 16.5 Å². The van der Waals surface area contributed by atoms with Gasteiger partial charge in [0.15, 0.2) is 5.13 Å². The second kappa shape index (κ2) is 8.30. The number of hydrogen-bond donors (Lipinski definition) is 2. The highest BCUT2D eigenvalue weighted by atomic mass is 32.1. The lowest BCUT2D eigenvalue weighted by Crippen LogP contribution is -2.13. The van der Waals surface area contributed by atoms with Crippen molar-refractivity contribution in [1.29, 1.82) is 0 Å². The summed E-state index contributed by atoms with van der Waals surface area (Å²) in [7, 11) is 0. The van der Waals surface area contributed by atoms with Crippen LogP contribution in [0.3, 0.4) is 0 Å². The number of carbonyl (C=O) groups is 2. The van der Waals surface area contributed by atoms with Crippen molar-refractivity contribution in [3.8, 4) is 16.8 Å². The lowest BCUT2D eigenvalue weighted by molar-refractivity contribution is -0.114. The highest BCUT2D eigenvalue weighted by Crippen LogP contribution is 2.33. The van der Waals surface area contributed by atoms with Crippen molar-refractivity contribution in [3.05, 3.63) is 77.4 Å². The van der Waals surface area contributed by atoms with E-state index in [9.17, 15) is 9.59 Å². The van der Waals surface area contributed by atoms with Gasteiger partial charge in [-0.05, 0) is 36.8 Å². The Balaban J connectivity index is 1.70. The third-order valence-electron chi connectivity index (χ3n) is 4.44. The minimum Gasteiger partial charge on any atom is -0.310 e. The first kappa shape index (κ1) is 19.5. The normalized spacial score (nSPS) is 10.6. The van der Waals surface area contributed by atoms with Gasteiger partial charge in [-0.2, -0.15) is 5.10 Å². The first-order valence-corrected chi connectivity index (χ1v) is 10.1. The lowest BCUT2D eigenvalue weighted by atomic mass is 10.1. The summed E-state index contributed by atoms with van der Waals surface area (Å²) in [6, 6.07) is 16.8. The number of anilines is 2. The predicted octanol–water partition coefficient (Wildman–Crippen LogP) is 4.51. The molecule has 2 aromatic carbocycles. The number of carbonyl (C=O) groups excluding carboxylic acids is 2. The number of thiazole rings is 1. The maximum atomic E-state index is 12.4. The molecular weight excluding hydrogens is 398 g/mol. The zero-order chi connectivity index (χ0) is 21.1. The molecule has 0 spiro atoms. The minimum absolute atomic E-state index is 0.187. The zero-order valence-electron chi connectivity index (χ0n) is 16.4. The average Bonchev–Trinajstić information content (AvgIpc) is 3.36. The molecule has 4 aromatic rings. The van der Waals surface area contributed by atoms with E-state index < -0.39 is 0 Å². The maximum Gasteiger partial charge on any atom is 0.257 e. The standard InChI is InChI=1S/C22H19N5O2S/c1-14-19(16-6-4-3-5-7-16)20(24-15(2)28)27(26-14)18-10-8-17(9-11-18)21(29)25-22-23-12-13-30-22/h3-13H,1-2H3,(H,24,28)(H,23,25,29). The number of rotatable bonds is 5. The van der Waals surface area contributed by atoms with Crippen LogP contribution in [0, 0.1) is 6.92 Å². The summed E-state index contributed by atoms with van der Waals surface area (Å²) in [6.45, 7) is 3.37. The van der Waals surface area contributed by atoms with E-state index >= 15 is 0 Å². The quantitative estimate of drug-likeness (QED) is 0.500. The number of hydrogen-bond acceptors (Lipinski definition) is 5. The summed E-state index contributed by atoms with van der Waals surface area (Å²) >= 11 is 1.36. The molecule has 0 unspecified atom stereocenters. The zero-order valence-corrected chi connectivity index (χ0v) is 17.2. The molecule has 0 saturated carbocycles. The van der Waals surface area contributed by atoms with Crippen molar-refractivity contribution in [2.75, 3.05) is 10.6 Å². The Bertz CT molecular complexity index is 1180. The van der Waals surface area contributed by atoms with Crippen molar-refractivity contribution in [1.82, 2.24) is 14.8 Å². The second-order valence-corrected chi connectivity index (χ2v) is 7.50. The fraction of sp³-hybridized carbons (Fsp3) is 0.0909. The third kappa shape index (κ3) is 3.99. The van der Waals surface area contributed by atoms with Crippen LogP contribution in [0.25, 0.3) is 16.8 Å². The fourth-order valence-electron chi connectivity index (χ4n) is 3.16. The Kier molecular flexibility index (Phi) is 5.40. The number of nitrogens with one attached hydrogen (secondary N) is 2. The summed E-state index contributed by atoms with van der Waals surface area (Å²) in [5.74, 6) is 0.166. The van der Waals surface area contributed by atoms with Gasteiger partial charge < -0.3 is 5.32 Å². The Hall–Kier alpha value is -3.78. The van der Waals surface area contributed by atoms with E-state index in [-0.39, 0.29) is 11.8 Å². The SMILES string of the molecule is CC(=O)Nc1c(-c2ccccc2)c(C)nn1-c1ccc(C(=O)Nc2nccs2)cc1. The monoisotopic (exact) mass is 417 g/mol. The van der Waals surface area contributed by atoms with Gasteiger partial charge in [-0.15, -0.1) is 11.3 Å². The van der Waals surface area contributed by atoms with Crippen molar-refractivity contribution in [2.45, 2.75) is 13.8 Å². The van der Waals surface area contributed by atoms with E-state index in [2.05, 4.69) is 20.7 Å². The first-order chi connectivity index (χ1) is 14.5. The topological polar surface area (TPSA) is 88.9 Å². The van der Waals surface area contributed by atoms with Gasteiger partial charge in [-0.25, -0.2) is 9.67 Å². The molecule has 0 aliphatic rings. The molecule has 0 aliphatic carbocycles. The van der Waals surface area contributed by atoms with Crippen molar-refractivity contribution in [3.63, 3.8) is 0 Å². The Morgan fingerprint density at radius 3 is 2.37 bits per heavy atom. The van der Waals surface area contributed by atoms with Gasteiger partial charge in [0.1, 0.15) is 5.82 Å². The molecule has 2 heterocycles. The van der Waals surface area contributed by atoms with Gasteiger partial charge in [0.2, 0.25) is 5.91 Å². The number of aryl methyl sites for hydroxylation is 1. The first-order valence-electron chi connectivity index (χ1n) is 9.27. The molecule has 4 rings (SSSR count). The van der Waals surface area contributed by atoms with Gasteiger partial charge in [-0.3, -0.25) is 14.9 Å². The summed E-state index contributed by atoms with van der Waals surface area (Å²) in [5.41, 5.74) is 3.84. The third-order valence-corrected chi connectivity index (χ3v) is 5.13. The predicted molar refractivity (Wildman–Crippen MR) is 118 cm³/mol. The molecule has 2 aromatic heterocycles. The Morgan fingerprint density at radius 2 is 1.73 bits per heavy atom. The van der Waals surface area contributed by atoms with Gasteiger partial charge in [-0.1, -0.05) is 30.3 Å². The number of amides is 2. The highest BCUT2D eigenvalue weighted by Gasteiger charge is 2.19. The summed E-state index contributed by atoms with van der Waals surface area (Å²) in [6.07, 6.45) is 1.64. The van der Waals surface area contributed by atoms with Crippen LogP contribution in [0.15, 0.2) is 66.2 Å². The number of nitrogens with zero attached hydrogens (tertiary/aromatic N) is 3. The van der Waals surface area contributed by atoms with Crippen LogP contribution < -0.4 is 10.6 Å². The van der Waals surface area contributed by atoms with Crippen LogP contribution in [0.2, 0.25) is 0 Å². The fourth-order valence-corrected chi connectivity index (χ4v) is 3.68. The van der Waals surface area contributed by atoms with Crippen LogP contribution in [0.4, 0.5) is 10.9 Å². The lowest BCUT2D eigenvalue weighted by Gasteiger charge is -2.11. The van der Waals surface area contributed by atoms with Crippen LogP contribution in [0.5, 0.6) is 0 Å². The molecule has 150 valence electrons. The Labute approximate surface area is 177 Å². The molecule has 0 fully saturated rings. The largest absolute Gasteiger partial charge is 0.310 e. The van der Waals surface area contributed by atoms with Gasteiger partial charge in [0, 0.05) is 29.6 Å². The van der Waals surface area contributed by atoms with Crippen LogP contribution in [-0.2, 0) is 4.79 Å². The van der Waals surface area contributed by atoms with Gasteiger partial charge >= 0.3 is 0 Å². The van der Waals surface area contributed by atoms with Crippen molar-refractivity contribution < 1.29 is 9.59 Å². The molecular formula is C22H19N5O2S. The molecule has 2 amide bonds. The van der Waals surface area contributed by atoms with Gasteiger partial charge in [0.25, 0.3) is 5.91 Å². The van der Waals surface area contributed by atoms with Crippen molar-refractivity contribution >= 4 is 34.1 Å². The van der Waals surface area contributed by atoms with Gasteiger partial charge in [0.05, 0.1) is 11.4 Å². The average molecular weight is 417 g/mol. The minimum atomic E-state index is -0.236. The molecule has 0 bridgehead atoms. The molecule has 0 saturated heterocycles. The number of aromatic nitrogens is 3. The molecule has 8 heteroatoms. The summed E-state index contributed by atoms with van der Waals surface area (Å²) < 4.78 is 1.68. The molecule has 0 atom stereocenters. The molecule has 0 radical (unpaired) electrons. The van der Waals surface area contributed by atoms with E-state index in [1.54, 1.807) is 40.5 Å². The molecule has 30 heavy (non-hydrogen) atoms. The smallest absolute Gasteiger partial charge is 0.257 e. The van der Waals surface area contributed by atoms with Crippen LogP contribution in [-0.4, -0.2) is 26.6 Å². The van der Waals surface area contributed by atoms with E-state index in [0.717, 1.165) is 22.5 Å². The van der Waals surface area contributed by atoms with Crippen molar-refractivity contribution in [2.24, 2.45) is 0 Å². The van der Waals surface area contributed by atoms with E-state index in [4.69, 9.17) is 0 Å². The molecule has 0 aliphatic heterocycles. The number of benzene rings is 2. The van der Waals surface area contributed by atoms with Crippen LogP contribution >= 0.6 is 11.3 Å². The molecule has 2 N–H and O–H groups in total. The maximum absolute atomic E-state index is 12.4. The highest BCUT2D eigenvalue weighted by molar-refractivity contribution is 7.13. The molecule has 7 nitrogen and oxygen atoms in total.